The molecule has 10 nitrogen and oxygen atoms in total. The number of urea groups is 1. The zero-order valence-corrected chi connectivity index (χ0v) is 25.3. The van der Waals surface area contributed by atoms with Gasteiger partial charge in [0.2, 0.25) is 0 Å². The molecular formula is C30H32F4N4O6S. The van der Waals surface area contributed by atoms with Gasteiger partial charge in [-0.15, -0.1) is 0 Å². The number of sulfonamides is 1. The predicted octanol–water partition coefficient (Wildman–Crippen LogP) is 5.03. The van der Waals surface area contributed by atoms with E-state index in [0.29, 0.717) is 0 Å². The Hall–Kier alpha value is -4.37. The Morgan fingerprint density at radius 2 is 1.71 bits per heavy atom. The topological polar surface area (TPSA) is 128 Å². The van der Waals surface area contributed by atoms with Gasteiger partial charge in [-0.2, -0.15) is 13.2 Å². The van der Waals surface area contributed by atoms with Crippen LogP contribution in [0.5, 0.6) is 5.75 Å². The summed E-state index contributed by atoms with van der Waals surface area (Å²) in [5.41, 5.74) is -0.666. The second kappa shape index (κ2) is 13.3. The first-order valence-corrected chi connectivity index (χ1v) is 15.3. The number of hydrogen-bond acceptors (Lipinski definition) is 6. The van der Waals surface area contributed by atoms with Gasteiger partial charge in [-0.3, -0.25) is 9.52 Å². The number of amides is 3. The third kappa shape index (κ3) is 8.02. The second-order valence-corrected chi connectivity index (χ2v) is 12.5. The summed E-state index contributed by atoms with van der Waals surface area (Å²) in [6.07, 6.45) is -5.21. The molecule has 3 atom stereocenters. The maximum absolute atomic E-state index is 13.7. The van der Waals surface area contributed by atoms with E-state index in [1.165, 1.54) is 35.0 Å². The lowest BCUT2D eigenvalue weighted by atomic mass is 9.99. The number of carbonyl (C=O) groups is 2. The minimum Gasteiger partial charge on any atom is -0.487 e. The predicted molar refractivity (Wildman–Crippen MR) is 158 cm³/mol. The highest BCUT2D eigenvalue weighted by Gasteiger charge is 2.35. The Morgan fingerprint density at radius 1 is 1.09 bits per heavy atom. The normalized spacial score (nSPS) is 17.8. The van der Waals surface area contributed by atoms with E-state index in [0.717, 1.165) is 48.5 Å². The fourth-order valence-corrected chi connectivity index (χ4v) is 5.70. The first-order valence-electron chi connectivity index (χ1n) is 13.8. The number of alkyl halides is 3. The summed E-state index contributed by atoms with van der Waals surface area (Å²) in [6.45, 7) is 3.21. The summed E-state index contributed by atoms with van der Waals surface area (Å²) in [5, 5.41) is 12.4. The molecule has 45 heavy (non-hydrogen) atoms. The molecule has 0 bridgehead atoms. The molecule has 3 amide bonds. The van der Waals surface area contributed by atoms with E-state index < -0.39 is 51.7 Å². The fourth-order valence-electron chi connectivity index (χ4n) is 4.65. The highest BCUT2D eigenvalue weighted by Crippen LogP contribution is 2.32. The van der Waals surface area contributed by atoms with Crippen LogP contribution >= 0.6 is 0 Å². The van der Waals surface area contributed by atoms with Crippen LogP contribution in [0.1, 0.15) is 29.8 Å². The summed E-state index contributed by atoms with van der Waals surface area (Å²) in [4.78, 5) is 29.1. The first-order chi connectivity index (χ1) is 21.1. The van der Waals surface area contributed by atoms with Gasteiger partial charge in [-0.05, 0) is 73.7 Å². The van der Waals surface area contributed by atoms with Crippen LogP contribution in [-0.4, -0.2) is 74.2 Å². The number of aliphatic hydroxyl groups excluding tert-OH is 1. The molecule has 1 heterocycles. The quantitative estimate of drug-likeness (QED) is 0.293. The Morgan fingerprint density at radius 3 is 2.31 bits per heavy atom. The lowest BCUT2D eigenvalue weighted by Crippen LogP contribution is -2.50. The standard InChI is InChI=1S/C30H32F4N4O6S/c1-18-15-38(19(2)17-39)28(40)25-14-23(36-45(42,43)24-11-6-21(31)7-12-24)10-13-26(25)44-27(18)16-37(3)29(41)35-22-8-4-20(5-9-22)30(32,33)34/h4-14,18-19,27,36,39H,15-17H2,1-3H3,(H,35,41)/t18-,19+,27+/m0/s1. The molecule has 0 saturated carbocycles. The number of carbonyl (C=O) groups excluding carboxylic acids is 2. The van der Waals surface area contributed by atoms with Crippen LogP contribution in [0.15, 0.2) is 71.6 Å². The van der Waals surface area contributed by atoms with Crippen molar-refractivity contribution < 1.29 is 45.4 Å². The number of aliphatic hydroxyl groups is 1. The largest absolute Gasteiger partial charge is 0.487 e. The molecule has 0 radical (unpaired) electrons. The van der Waals surface area contributed by atoms with Crippen LogP contribution in [-0.2, 0) is 16.2 Å². The number of likely N-dealkylation sites (N-methyl/N-ethyl adjacent to an activating group) is 1. The van der Waals surface area contributed by atoms with Gasteiger partial charge in [0, 0.05) is 30.9 Å². The maximum Gasteiger partial charge on any atom is 0.416 e. The van der Waals surface area contributed by atoms with E-state index in [1.54, 1.807) is 13.8 Å². The summed E-state index contributed by atoms with van der Waals surface area (Å²) >= 11 is 0. The van der Waals surface area contributed by atoms with Gasteiger partial charge in [0.15, 0.2) is 0 Å². The number of hydrogen-bond donors (Lipinski definition) is 3. The van der Waals surface area contributed by atoms with Crippen molar-refractivity contribution in [1.82, 2.24) is 9.80 Å². The molecule has 0 aliphatic carbocycles. The van der Waals surface area contributed by atoms with Gasteiger partial charge in [-0.1, -0.05) is 6.92 Å². The molecule has 3 aromatic carbocycles. The van der Waals surface area contributed by atoms with Crippen LogP contribution in [0.3, 0.4) is 0 Å². The third-order valence-corrected chi connectivity index (χ3v) is 8.70. The number of ether oxygens (including phenoxy) is 1. The van der Waals surface area contributed by atoms with Crippen molar-refractivity contribution in [3.05, 3.63) is 83.7 Å². The average Bonchev–Trinajstić information content (AvgIpc) is 2.98. The van der Waals surface area contributed by atoms with Crippen molar-refractivity contribution in [2.24, 2.45) is 5.92 Å². The third-order valence-electron chi connectivity index (χ3n) is 7.30. The van der Waals surface area contributed by atoms with Crippen LogP contribution < -0.4 is 14.8 Å². The van der Waals surface area contributed by atoms with Crippen molar-refractivity contribution in [3.8, 4) is 5.75 Å². The van der Waals surface area contributed by atoms with E-state index in [2.05, 4.69) is 10.0 Å². The second-order valence-electron chi connectivity index (χ2n) is 10.8. The van der Waals surface area contributed by atoms with Crippen LogP contribution in [0.2, 0.25) is 0 Å². The summed E-state index contributed by atoms with van der Waals surface area (Å²) in [5.74, 6) is -1.39. The zero-order valence-electron chi connectivity index (χ0n) is 24.5. The molecule has 0 fully saturated rings. The zero-order chi connectivity index (χ0) is 33.1. The number of rotatable bonds is 8. The van der Waals surface area contributed by atoms with E-state index >= 15 is 0 Å². The SMILES string of the molecule is C[C@H](CO)N1C[C@H](C)[C@@H](CN(C)C(=O)Nc2ccc(C(F)(F)F)cc2)Oc2ccc(NS(=O)(=O)c3ccc(F)cc3)cc2C1=O. The van der Waals surface area contributed by atoms with E-state index in [1.807, 2.05) is 0 Å². The van der Waals surface area contributed by atoms with Gasteiger partial charge >= 0.3 is 12.2 Å². The van der Waals surface area contributed by atoms with E-state index in [4.69, 9.17) is 4.74 Å². The molecule has 0 spiro atoms. The Bertz CT molecular complexity index is 1640. The van der Waals surface area contributed by atoms with Gasteiger partial charge in [0.25, 0.3) is 15.9 Å². The Balaban J connectivity index is 1.57. The number of anilines is 2. The van der Waals surface area contributed by atoms with Crippen molar-refractivity contribution in [2.45, 2.75) is 37.1 Å². The molecule has 242 valence electrons. The lowest BCUT2D eigenvalue weighted by Gasteiger charge is -2.38. The number of fused-ring (bicyclic) bond motifs is 1. The summed E-state index contributed by atoms with van der Waals surface area (Å²) in [7, 11) is -2.66. The Labute approximate surface area is 257 Å². The molecule has 3 N–H and O–H groups in total. The summed E-state index contributed by atoms with van der Waals surface area (Å²) in [6, 6.07) is 11.0. The van der Waals surface area contributed by atoms with Crippen LogP contribution in [0, 0.1) is 11.7 Å². The van der Waals surface area contributed by atoms with Crippen molar-refractivity contribution in [2.75, 3.05) is 36.8 Å². The van der Waals surface area contributed by atoms with E-state index in [9.17, 15) is 40.7 Å². The van der Waals surface area contributed by atoms with Crippen molar-refractivity contribution in [3.63, 3.8) is 0 Å². The molecule has 4 rings (SSSR count). The van der Waals surface area contributed by atoms with Crippen LogP contribution in [0.4, 0.5) is 33.7 Å². The number of nitrogens with one attached hydrogen (secondary N) is 2. The summed E-state index contributed by atoms with van der Waals surface area (Å²) < 4.78 is 86.3. The molecule has 1 aliphatic rings. The monoisotopic (exact) mass is 652 g/mol. The van der Waals surface area contributed by atoms with Gasteiger partial charge in [0.05, 0.1) is 35.2 Å². The van der Waals surface area contributed by atoms with Crippen LogP contribution in [0.25, 0.3) is 0 Å². The molecule has 0 aromatic heterocycles. The van der Waals surface area contributed by atoms with Gasteiger partial charge in [0.1, 0.15) is 17.7 Å². The minimum absolute atomic E-state index is 0.00155. The number of halogens is 4. The molecular weight excluding hydrogens is 620 g/mol. The highest BCUT2D eigenvalue weighted by molar-refractivity contribution is 7.92. The van der Waals surface area contributed by atoms with E-state index in [-0.39, 0.29) is 53.2 Å². The number of nitrogens with zero attached hydrogens (tertiary/aromatic N) is 2. The molecule has 3 aromatic rings. The Kier molecular flexibility index (Phi) is 9.92. The first kappa shape index (κ1) is 33.5. The number of benzene rings is 3. The molecule has 0 saturated heterocycles. The average molecular weight is 653 g/mol. The minimum atomic E-state index is -4.52. The molecule has 0 unspecified atom stereocenters. The maximum atomic E-state index is 13.7. The van der Waals surface area contributed by atoms with Gasteiger partial charge in [-0.25, -0.2) is 17.6 Å². The molecule has 15 heteroatoms. The highest BCUT2D eigenvalue weighted by atomic mass is 32.2. The molecule has 1 aliphatic heterocycles. The fraction of sp³-hybridized carbons (Fsp3) is 0.333. The van der Waals surface area contributed by atoms with Gasteiger partial charge < -0.3 is 25.0 Å². The smallest absolute Gasteiger partial charge is 0.416 e. The van der Waals surface area contributed by atoms with Crippen molar-refractivity contribution >= 4 is 33.3 Å². The van der Waals surface area contributed by atoms with Crippen molar-refractivity contribution in [1.29, 1.82) is 0 Å². The lowest BCUT2D eigenvalue weighted by molar-refractivity contribution is -0.137.